The molecule has 2 heterocycles. The van der Waals surface area contributed by atoms with E-state index in [1.54, 1.807) is 18.2 Å². The fraction of sp³-hybridized carbons (Fsp3) is 0.217. The minimum absolute atomic E-state index is 0.0253. The number of nitrogens with one attached hydrogen (secondary N) is 1. The van der Waals surface area contributed by atoms with Crippen LogP contribution < -0.4 is 9.47 Å². The molecule has 1 amide bonds. The maximum atomic E-state index is 12.6. The number of carbonyl (C=O) groups excluding carboxylic acids is 1. The van der Waals surface area contributed by atoms with Crippen molar-refractivity contribution in [3.63, 3.8) is 0 Å². The molecule has 4 rings (SSSR count). The van der Waals surface area contributed by atoms with E-state index in [1.807, 2.05) is 44.2 Å². The number of fused-ring (bicyclic) bond motifs is 1. The van der Waals surface area contributed by atoms with Crippen LogP contribution in [0.4, 0.5) is 0 Å². The zero-order valence-corrected chi connectivity index (χ0v) is 19.3. The number of amides is 1. The summed E-state index contributed by atoms with van der Waals surface area (Å²) in [5.74, 6) is 0.495. The lowest BCUT2D eigenvalue weighted by Gasteiger charge is -2.20. The molecule has 0 radical (unpaired) electrons. The molecule has 2 aromatic carbocycles. The van der Waals surface area contributed by atoms with E-state index in [1.165, 1.54) is 23.9 Å². The Morgan fingerprint density at radius 2 is 2.00 bits per heavy atom. The molecule has 9 heteroatoms. The molecule has 0 saturated heterocycles. The quantitative estimate of drug-likeness (QED) is 0.588. The first-order valence-corrected chi connectivity index (χ1v) is 11.1. The summed E-state index contributed by atoms with van der Waals surface area (Å²) in [6.45, 7) is 4.34. The molecular weight excluding hydrogens is 448 g/mol. The van der Waals surface area contributed by atoms with Gasteiger partial charge < -0.3 is 9.47 Å². The third kappa shape index (κ3) is 4.42. The summed E-state index contributed by atoms with van der Waals surface area (Å²) < 4.78 is 11.4. The maximum absolute atomic E-state index is 12.6. The number of hydrogen-bond acceptors (Lipinski definition) is 6. The highest BCUT2D eigenvalue weighted by Gasteiger charge is 2.36. The minimum atomic E-state index is -0.492. The van der Waals surface area contributed by atoms with Crippen LogP contribution in [0.3, 0.4) is 0 Å². The Hall–Kier alpha value is -3.10. The van der Waals surface area contributed by atoms with Crippen LogP contribution in [0.2, 0.25) is 5.02 Å². The highest BCUT2D eigenvalue weighted by molar-refractivity contribution is 8.27. The number of rotatable bonds is 6. The predicted molar refractivity (Wildman–Crippen MR) is 129 cm³/mol. The second kappa shape index (κ2) is 9.18. The number of aliphatic imine (C=N–C) groups is 1. The Balaban J connectivity index is 1.62. The van der Waals surface area contributed by atoms with Crippen molar-refractivity contribution in [1.82, 2.24) is 5.01 Å². The Labute approximate surface area is 195 Å². The van der Waals surface area contributed by atoms with Crippen molar-refractivity contribution in [3.05, 3.63) is 64.2 Å². The molecule has 0 aromatic heterocycles. The van der Waals surface area contributed by atoms with Crippen LogP contribution in [0.15, 0.2) is 58.1 Å². The fourth-order valence-electron chi connectivity index (χ4n) is 3.10. The number of amidine groups is 2. The third-order valence-corrected chi connectivity index (χ3v) is 6.24. The summed E-state index contributed by atoms with van der Waals surface area (Å²) in [5.41, 5.74) is 1.71. The SMILES string of the molecule is COc1cc(C=C2C(=N)N3N=C(C(C)C)SC3=NC2=O)cc(Cl)c1OCc1ccccc1. The lowest BCUT2D eigenvalue weighted by molar-refractivity contribution is -0.114. The van der Waals surface area contributed by atoms with E-state index in [-0.39, 0.29) is 17.3 Å². The number of nitrogens with zero attached hydrogens (tertiary/aromatic N) is 3. The van der Waals surface area contributed by atoms with Crippen molar-refractivity contribution in [2.45, 2.75) is 20.5 Å². The summed E-state index contributed by atoms with van der Waals surface area (Å²) in [6.07, 6.45) is 1.56. The number of carbonyl (C=O) groups is 1. The highest BCUT2D eigenvalue weighted by atomic mass is 35.5. The van der Waals surface area contributed by atoms with Gasteiger partial charge in [0.2, 0.25) is 5.17 Å². The highest BCUT2D eigenvalue weighted by Crippen LogP contribution is 2.38. The van der Waals surface area contributed by atoms with Crippen LogP contribution in [0.5, 0.6) is 11.5 Å². The van der Waals surface area contributed by atoms with Crippen molar-refractivity contribution < 1.29 is 14.3 Å². The lowest BCUT2D eigenvalue weighted by atomic mass is 10.1. The number of halogens is 1. The predicted octanol–water partition coefficient (Wildman–Crippen LogP) is 5.20. The van der Waals surface area contributed by atoms with Gasteiger partial charge in [-0.3, -0.25) is 10.2 Å². The van der Waals surface area contributed by atoms with E-state index in [4.69, 9.17) is 26.5 Å². The molecule has 0 bridgehead atoms. The first-order chi connectivity index (χ1) is 15.4. The number of hydrazone groups is 1. The molecule has 0 unspecified atom stereocenters. The molecule has 32 heavy (non-hydrogen) atoms. The molecule has 1 N–H and O–H groups in total. The van der Waals surface area contributed by atoms with E-state index < -0.39 is 5.91 Å². The van der Waals surface area contributed by atoms with Gasteiger partial charge in [0.15, 0.2) is 17.3 Å². The molecule has 0 aliphatic carbocycles. The smallest absolute Gasteiger partial charge is 0.283 e. The number of hydrogen-bond donors (Lipinski definition) is 1. The molecule has 2 aromatic rings. The number of thioether (sulfide) groups is 1. The topological polar surface area (TPSA) is 87.3 Å². The number of benzene rings is 2. The van der Waals surface area contributed by atoms with E-state index in [0.29, 0.717) is 33.9 Å². The lowest BCUT2D eigenvalue weighted by Crippen LogP contribution is -2.35. The monoisotopic (exact) mass is 468 g/mol. The Morgan fingerprint density at radius 1 is 1.25 bits per heavy atom. The van der Waals surface area contributed by atoms with Crippen LogP contribution in [0, 0.1) is 11.3 Å². The van der Waals surface area contributed by atoms with Crippen molar-refractivity contribution >= 4 is 51.4 Å². The summed E-state index contributed by atoms with van der Waals surface area (Å²) in [4.78, 5) is 16.7. The third-order valence-electron chi connectivity index (χ3n) is 4.75. The van der Waals surface area contributed by atoms with Gasteiger partial charge in [-0.1, -0.05) is 55.8 Å². The first kappa shape index (κ1) is 22.1. The Morgan fingerprint density at radius 3 is 2.69 bits per heavy atom. The Kier molecular flexibility index (Phi) is 6.34. The molecule has 0 spiro atoms. The summed E-state index contributed by atoms with van der Waals surface area (Å²) >= 11 is 7.79. The maximum Gasteiger partial charge on any atom is 0.283 e. The number of ether oxygens (including phenoxy) is 2. The molecule has 0 saturated carbocycles. The van der Waals surface area contributed by atoms with E-state index in [9.17, 15) is 4.79 Å². The normalized spacial score (nSPS) is 16.9. The summed E-state index contributed by atoms with van der Waals surface area (Å²) in [5, 5.41) is 15.9. The summed E-state index contributed by atoms with van der Waals surface area (Å²) in [7, 11) is 1.52. The summed E-state index contributed by atoms with van der Waals surface area (Å²) in [6, 6.07) is 13.1. The standard InChI is InChI=1S/C23H21ClN4O3S/c1-13(2)22-27-28-20(25)16(21(29)26-23(28)32-22)9-15-10-17(24)19(18(11-15)30-3)31-12-14-7-5-4-6-8-14/h4-11,13,25H,12H2,1-3H3. The van der Waals surface area contributed by atoms with Crippen LogP contribution in [0.25, 0.3) is 6.08 Å². The van der Waals surface area contributed by atoms with Gasteiger partial charge in [0.1, 0.15) is 11.7 Å². The van der Waals surface area contributed by atoms with Crippen LogP contribution >= 0.6 is 23.4 Å². The van der Waals surface area contributed by atoms with Gasteiger partial charge in [0.25, 0.3) is 5.91 Å². The molecule has 2 aliphatic heterocycles. The van der Waals surface area contributed by atoms with E-state index in [0.717, 1.165) is 10.6 Å². The zero-order chi connectivity index (χ0) is 22.8. The van der Waals surface area contributed by atoms with Gasteiger partial charge in [0.05, 0.1) is 17.7 Å². The van der Waals surface area contributed by atoms with Crippen LogP contribution in [0.1, 0.15) is 25.0 Å². The van der Waals surface area contributed by atoms with Crippen molar-refractivity contribution in [3.8, 4) is 11.5 Å². The Bertz CT molecular complexity index is 1180. The second-order valence-corrected chi connectivity index (χ2v) is 8.82. The first-order valence-electron chi connectivity index (χ1n) is 9.91. The van der Waals surface area contributed by atoms with Gasteiger partial charge in [-0.2, -0.15) is 15.1 Å². The van der Waals surface area contributed by atoms with Crippen LogP contribution in [-0.4, -0.2) is 34.1 Å². The van der Waals surface area contributed by atoms with Crippen molar-refractivity contribution in [1.29, 1.82) is 5.41 Å². The van der Waals surface area contributed by atoms with Crippen molar-refractivity contribution in [2.75, 3.05) is 7.11 Å². The average Bonchev–Trinajstić information content (AvgIpc) is 3.21. The largest absolute Gasteiger partial charge is 0.493 e. The van der Waals surface area contributed by atoms with Gasteiger partial charge in [-0.05, 0) is 41.1 Å². The van der Waals surface area contributed by atoms with E-state index in [2.05, 4.69) is 10.1 Å². The van der Waals surface area contributed by atoms with Gasteiger partial charge >= 0.3 is 0 Å². The molecule has 164 valence electrons. The van der Waals surface area contributed by atoms with Crippen molar-refractivity contribution in [2.24, 2.45) is 16.0 Å². The molecule has 7 nitrogen and oxygen atoms in total. The zero-order valence-electron chi connectivity index (χ0n) is 17.8. The van der Waals surface area contributed by atoms with Gasteiger partial charge in [-0.25, -0.2) is 0 Å². The molecule has 2 aliphatic rings. The minimum Gasteiger partial charge on any atom is -0.493 e. The second-order valence-electron chi connectivity index (χ2n) is 7.42. The van der Waals surface area contributed by atoms with Gasteiger partial charge in [0, 0.05) is 5.92 Å². The molecule has 0 atom stereocenters. The molecular formula is C23H21ClN4O3S. The molecule has 0 fully saturated rings. The van der Waals surface area contributed by atoms with Crippen LogP contribution in [-0.2, 0) is 11.4 Å². The fourth-order valence-corrected chi connectivity index (χ4v) is 4.27. The number of methoxy groups -OCH3 is 1. The van der Waals surface area contributed by atoms with E-state index >= 15 is 0 Å². The average molecular weight is 469 g/mol. The van der Waals surface area contributed by atoms with Gasteiger partial charge in [-0.15, -0.1) is 0 Å².